The molecule has 5 heterocycles. The number of nitrogens with zero attached hydrogens (tertiary/aromatic N) is 8. The fourth-order valence-corrected chi connectivity index (χ4v) is 8.70. The van der Waals surface area contributed by atoms with Crippen molar-refractivity contribution in [2.75, 3.05) is 51.1 Å². The first-order chi connectivity index (χ1) is 29.1. The van der Waals surface area contributed by atoms with Gasteiger partial charge >= 0.3 is 0 Å². The van der Waals surface area contributed by atoms with E-state index in [-0.39, 0.29) is 6.04 Å². The second kappa shape index (κ2) is 23.2. The van der Waals surface area contributed by atoms with Gasteiger partial charge in [-0.2, -0.15) is 0 Å². The fourth-order valence-electron chi connectivity index (χ4n) is 8.42. The number of thiocarbonyl (C=S) groups is 1. The highest BCUT2D eigenvalue weighted by atomic mass is 32.1. The average Bonchev–Trinajstić information content (AvgIpc) is 3.25. The minimum atomic E-state index is 0.210. The van der Waals surface area contributed by atoms with Crippen LogP contribution in [0.1, 0.15) is 73.3 Å². The molecule has 11 heteroatoms. The number of benzene rings is 1. The maximum absolute atomic E-state index is 5.81. The van der Waals surface area contributed by atoms with Crippen molar-refractivity contribution >= 4 is 23.0 Å². The lowest BCUT2D eigenvalue weighted by molar-refractivity contribution is 0.0841. The van der Waals surface area contributed by atoms with E-state index in [0.29, 0.717) is 6.04 Å². The highest BCUT2D eigenvalue weighted by molar-refractivity contribution is 7.80. The van der Waals surface area contributed by atoms with Crippen LogP contribution < -0.4 is 10.6 Å². The summed E-state index contributed by atoms with van der Waals surface area (Å²) in [4.78, 5) is 29.5. The van der Waals surface area contributed by atoms with E-state index in [4.69, 9.17) is 32.2 Å². The maximum atomic E-state index is 5.81. The monoisotopic (exact) mass is 810 g/mol. The molecule has 310 valence electrons. The Morgan fingerprint density at radius 2 is 0.983 bits per heavy atom. The predicted molar refractivity (Wildman–Crippen MR) is 243 cm³/mol. The molecule has 1 aliphatic heterocycles. The third kappa shape index (κ3) is 14.5. The van der Waals surface area contributed by atoms with Gasteiger partial charge in [-0.25, -0.2) is 0 Å². The first-order valence-electron chi connectivity index (χ1n) is 21.8. The van der Waals surface area contributed by atoms with Gasteiger partial charge in [0.15, 0.2) is 5.11 Å². The molecule has 1 saturated carbocycles. The second-order valence-electron chi connectivity index (χ2n) is 16.2. The van der Waals surface area contributed by atoms with Gasteiger partial charge in [-0.15, -0.1) is 0 Å². The van der Waals surface area contributed by atoms with Gasteiger partial charge in [-0.1, -0.05) is 68.5 Å². The van der Waals surface area contributed by atoms with Crippen LogP contribution in [0.3, 0.4) is 0 Å². The molecule has 1 unspecified atom stereocenters. The van der Waals surface area contributed by atoms with Crippen molar-refractivity contribution in [1.82, 2.24) is 44.9 Å². The summed E-state index contributed by atoms with van der Waals surface area (Å²) in [6.45, 7) is 9.55. The Bertz CT molecular complexity index is 1910. The van der Waals surface area contributed by atoms with Gasteiger partial charge in [0.1, 0.15) is 0 Å². The Morgan fingerprint density at radius 3 is 1.49 bits per heavy atom. The molecule has 1 saturated heterocycles. The van der Waals surface area contributed by atoms with Crippen LogP contribution in [0.25, 0.3) is 0 Å². The lowest BCUT2D eigenvalue weighted by Crippen LogP contribution is -2.50. The molecule has 0 radical (unpaired) electrons. The zero-order chi connectivity index (χ0) is 40.3. The zero-order valence-corrected chi connectivity index (χ0v) is 35.4. The number of hydrogen-bond donors (Lipinski definition) is 2. The van der Waals surface area contributed by atoms with Crippen LogP contribution in [0.15, 0.2) is 122 Å². The second-order valence-corrected chi connectivity index (χ2v) is 16.6. The summed E-state index contributed by atoms with van der Waals surface area (Å²) in [6.07, 6.45) is 17.5. The van der Waals surface area contributed by atoms with E-state index in [0.717, 1.165) is 112 Å². The zero-order valence-electron chi connectivity index (χ0n) is 34.6. The molecule has 7 rings (SSSR count). The molecule has 2 N–H and O–H groups in total. The highest BCUT2D eigenvalue weighted by Crippen LogP contribution is 2.21. The van der Waals surface area contributed by atoms with Crippen LogP contribution in [0.4, 0.5) is 5.69 Å². The van der Waals surface area contributed by atoms with Gasteiger partial charge in [0, 0.05) is 115 Å². The summed E-state index contributed by atoms with van der Waals surface area (Å²) < 4.78 is 0. The molecule has 0 bridgehead atoms. The van der Waals surface area contributed by atoms with Crippen LogP contribution >= 0.6 is 12.2 Å². The fraction of sp³-hybridized carbons (Fsp3) is 0.438. The molecular formula is C48H62N10S. The normalized spacial score (nSPS) is 18.8. The highest BCUT2D eigenvalue weighted by Gasteiger charge is 2.26. The third-order valence-electron chi connectivity index (χ3n) is 11.7. The van der Waals surface area contributed by atoms with Crippen LogP contribution in [-0.2, 0) is 32.6 Å². The van der Waals surface area contributed by atoms with Crippen molar-refractivity contribution in [1.29, 1.82) is 0 Å². The van der Waals surface area contributed by atoms with Crippen molar-refractivity contribution < 1.29 is 0 Å². The molecule has 0 spiro atoms. The number of anilines is 1. The van der Waals surface area contributed by atoms with E-state index < -0.39 is 0 Å². The van der Waals surface area contributed by atoms with Gasteiger partial charge in [0.25, 0.3) is 0 Å². The smallest absolute Gasteiger partial charge is 0.170 e. The van der Waals surface area contributed by atoms with Crippen molar-refractivity contribution in [3.63, 3.8) is 0 Å². The summed E-state index contributed by atoms with van der Waals surface area (Å²) in [5.41, 5.74) is 6.70. The summed E-state index contributed by atoms with van der Waals surface area (Å²) >= 11 is 5.81. The summed E-state index contributed by atoms with van der Waals surface area (Å²) in [5, 5.41) is 7.84. The van der Waals surface area contributed by atoms with Gasteiger partial charge in [0.05, 0.1) is 22.8 Å². The van der Waals surface area contributed by atoms with Crippen LogP contribution in [0.2, 0.25) is 0 Å². The Balaban J connectivity index is 1.14. The SMILES string of the molecule is S=C(Nc1ccc(CC2CN(Cc3ccccn3)CCN(Cc3ccccn3)CCN(Cc3ccccn3)CCN2Cc2ccccn2)cc1)NC1CCCCCCC1. The van der Waals surface area contributed by atoms with E-state index in [1.54, 1.807) is 0 Å². The Labute approximate surface area is 357 Å². The lowest BCUT2D eigenvalue weighted by atomic mass is 9.97. The number of hydrogen-bond acceptors (Lipinski definition) is 9. The summed E-state index contributed by atoms with van der Waals surface area (Å²) in [5.74, 6) is 0. The van der Waals surface area contributed by atoms with Gasteiger partial charge < -0.3 is 10.6 Å². The number of pyridine rings is 4. The molecule has 0 amide bonds. The first-order valence-corrected chi connectivity index (χ1v) is 22.2. The number of nitrogens with one attached hydrogen (secondary N) is 2. The van der Waals surface area contributed by atoms with Gasteiger partial charge in [-0.05, 0) is 97.7 Å². The maximum Gasteiger partial charge on any atom is 0.170 e. The quantitative estimate of drug-likeness (QED) is 0.122. The van der Waals surface area contributed by atoms with E-state index in [2.05, 4.69) is 103 Å². The Hall–Kier alpha value is -4.65. The van der Waals surface area contributed by atoms with Crippen LogP contribution in [0.5, 0.6) is 0 Å². The van der Waals surface area contributed by atoms with E-state index in [9.17, 15) is 0 Å². The number of aromatic nitrogens is 4. The first kappa shape index (κ1) is 42.5. The van der Waals surface area contributed by atoms with Crippen LogP contribution in [0, 0.1) is 0 Å². The number of rotatable bonds is 12. The van der Waals surface area contributed by atoms with Crippen LogP contribution in [-0.4, -0.2) is 103 Å². The molecule has 59 heavy (non-hydrogen) atoms. The standard InChI is InChI=1S/C48H62N10S/c59-48(53-41-14-4-2-1-3-5-15-41)54-42-22-20-40(21-23-42)34-47-39-57(37-45-18-8-12-26-51-45)31-30-55(35-43-16-6-10-24-49-43)28-29-56(36-44-17-7-11-25-50-44)32-33-58(47)38-46-19-9-13-27-52-46/h6-13,16-27,41,47H,1-5,14-15,28-39H2,(H2,53,54,59). The molecule has 1 aromatic carbocycles. The van der Waals surface area contributed by atoms with E-state index in [1.807, 2.05) is 49.1 Å². The molecule has 1 aliphatic carbocycles. The average molecular weight is 811 g/mol. The third-order valence-corrected chi connectivity index (χ3v) is 11.9. The van der Waals surface area contributed by atoms with E-state index >= 15 is 0 Å². The molecule has 2 aliphatic rings. The Morgan fingerprint density at radius 1 is 0.525 bits per heavy atom. The summed E-state index contributed by atoms with van der Waals surface area (Å²) in [6, 6.07) is 34.6. The topological polar surface area (TPSA) is 88.6 Å². The van der Waals surface area contributed by atoms with Crippen molar-refractivity contribution in [2.24, 2.45) is 0 Å². The molecule has 1 atom stereocenters. The molecular weight excluding hydrogens is 749 g/mol. The summed E-state index contributed by atoms with van der Waals surface area (Å²) in [7, 11) is 0. The van der Waals surface area contributed by atoms with Crippen molar-refractivity contribution in [3.05, 3.63) is 150 Å². The molecule has 2 fully saturated rings. The predicted octanol–water partition coefficient (Wildman–Crippen LogP) is 7.60. The van der Waals surface area contributed by atoms with Gasteiger partial charge in [0.2, 0.25) is 0 Å². The van der Waals surface area contributed by atoms with Crippen molar-refractivity contribution in [3.8, 4) is 0 Å². The minimum absolute atomic E-state index is 0.210. The lowest BCUT2D eigenvalue weighted by Gasteiger charge is -2.39. The minimum Gasteiger partial charge on any atom is -0.360 e. The molecule has 5 aromatic rings. The Kier molecular flexibility index (Phi) is 16.7. The van der Waals surface area contributed by atoms with E-state index in [1.165, 1.54) is 50.5 Å². The molecule has 4 aromatic heterocycles. The largest absolute Gasteiger partial charge is 0.360 e. The van der Waals surface area contributed by atoms with Crippen molar-refractivity contribution in [2.45, 2.75) is 89.6 Å². The van der Waals surface area contributed by atoms with Gasteiger partial charge in [-0.3, -0.25) is 39.5 Å². The molecule has 10 nitrogen and oxygen atoms in total.